The van der Waals surface area contributed by atoms with Crippen molar-refractivity contribution >= 4 is 99.2 Å². The Morgan fingerprint density at radius 1 is 0.410 bits per heavy atom. The first-order valence-electron chi connectivity index (χ1n) is 42.4. The highest BCUT2D eigenvalue weighted by Crippen LogP contribution is 2.22. The van der Waals surface area contributed by atoms with Crippen LogP contribution in [0.3, 0.4) is 0 Å². The highest BCUT2D eigenvalue weighted by atomic mass is 79.9. The number of carboxylic acid groups (broad SMARTS) is 2. The number of aryl methyl sites for hydroxylation is 2. The minimum atomic E-state index is -0.935. The molecule has 0 bridgehead atoms. The number of phenolic OH excluding ortho intramolecular Hbond substituents is 3. The molecule has 0 aromatic heterocycles. The number of ketones is 2. The monoisotopic (exact) mass is 1800 g/mol. The Kier molecular flexibility index (Phi) is 81.7. The Balaban J connectivity index is -0.000000663. The first-order valence-corrected chi connectivity index (χ1v) is 44.3. The second kappa shape index (κ2) is 83.8. The molecule has 0 atom stereocenters. The van der Waals surface area contributed by atoms with Crippen molar-refractivity contribution in [1.82, 2.24) is 0 Å². The summed E-state index contributed by atoms with van der Waals surface area (Å²) in [6.07, 6.45) is 40.7. The molecule has 0 aliphatic rings. The first-order chi connectivity index (χ1) is 58.3. The van der Waals surface area contributed by atoms with E-state index in [2.05, 4.69) is 62.7 Å². The highest BCUT2D eigenvalue weighted by Gasteiger charge is 2.08. The molecule has 0 spiro atoms. The van der Waals surface area contributed by atoms with Gasteiger partial charge < -0.3 is 54.3 Å². The minimum absolute atomic E-state index is 0.170. The number of aliphatic carboxylic acids is 1. The van der Waals surface area contributed by atoms with Crippen LogP contribution in [-0.4, -0.2) is 136 Å². The van der Waals surface area contributed by atoms with Gasteiger partial charge in [0, 0.05) is 69.1 Å². The number of phenols is 3. The Morgan fingerprint density at radius 3 is 1.06 bits per heavy atom. The molecule has 680 valence electrons. The van der Waals surface area contributed by atoms with Gasteiger partial charge in [-0.1, -0.05) is 203 Å². The molecule has 0 radical (unpaired) electrons. The summed E-state index contributed by atoms with van der Waals surface area (Å²) in [6, 6.07) is 30.3. The van der Waals surface area contributed by atoms with E-state index in [-0.39, 0.29) is 52.1 Å². The molecule has 5 rings (SSSR count). The molecular formula is C99H143BrCl2O20. The number of carbonyl (C=O) groups excluding carboxylic acids is 7. The van der Waals surface area contributed by atoms with Crippen LogP contribution in [-0.2, 0) is 43.0 Å². The molecular weight excluding hydrogens is 1660 g/mol. The number of benzene rings is 5. The summed E-state index contributed by atoms with van der Waals surface area (Å²) in [6.45, 7) is 34.6. The van der Waals surface area contributed by atoms with Crippen LogP contribution in [0, 0.1) is 13.8 Å². The molecule has 0 saturated carbocycles. The predicted molar refractivity (Wildman–Crippen MR) is 500 cm³/mol. The lowest BCUT2D eigenvalue weighted by Crippen LogP contribution is -2.06. The second-order valence-electron chi connectivity index (χ2n) is 28.7. The number of carbonyl (C=O) groups is 9. The van der Waals surface area contributed by atoms with Gasteiger partial charge in [0.2, 0.25) is 0 Å². The third-order valence-electron chi connectivity index (χ3n) is 17.1. The molecule has 0 unspecified atom stereocenters. The van der Waals surface area contributed by atoms with Crippen molar-refractivity contribution in [3.63, 3.8) is 0 Å². The molecule has 5 aromatic rings. The Hall–Kier alpha value is -9.41. The fourth-order valence-electron chi connectivity index (χ4n) is 9.65. The first kappa shape index (κ1) is 119. The van der Waals surface area contributed by atoms with E-state index in [4.69, 9.17) is 72.4 Å². The average molecular weight is 1800 g/mol. The number of halogens is 3. The standard InChI is InChI=1S/C19H26O5.C19H26O4.C15H20O2.C12H21ClO2.C8H17ClO.C8H14O.C7H7BrO.C7H6O2.C4H6O2/c1-15(2)19(22)24-14-8-6-4-3-5-7-13-23-17-11-9-16(10-12-17)18(20)21;1-16(2)19(21)23-14-8-6-4-3-5-7-13-22-18-11-9-17(15-20)10-12-18;1-3-4-5-6-14(16)9-7-13-8-10-15(17)12(2)11-13;1-11(2)12(14)15-10-8-6-4-3-5-7-9-13;9-7-5-3-1-2-4-6-8-10;1-3-5-6-7-8(9)4-2;1-5-4-6(8)2-3-7(5)9;8-5-6-1-3-7(9)4-2-6;1-3(2)4(5)6/h9-12H,1,3-8,13-14H2,2H3,(H,20,21);9-12,15H,1,3-8,13-14H2,2H3;7-11,17H,3-6H2,1-2H3;1,3-10H2,2H3;10H,1-8H2;4H,2-3,5-7H2,1H3;2-4,9H,1H3;1-5,9H;1H2,2H3,(H,5,6)/b;;9-7+;;;;;;. The van der Waals surface area contributed by atoms with Crippen molar-refractivity contribution in [2.45, 2.75) is 261 Å². The van der Waals surface area contributed by atoms with E-state index in [0.717, 1.165) is 193 Å². The Morgan fingerprint density at radius 2 is 0.738 bits per heavy atom. The van der Waals surface area contributed by atoms with Gasteiger partial charge in [-0.25, -0.2) is 24.0 Å². The molecule has 122 heavy (non-hydrogen) atoms. The number of allylic oxidation sites excluding steroid dienone is 2. The van der Waals surface area contributed by atoms with Gasteiger partial charge in [-0.05, 0) is 238 Å². The summed E-state index contributed by atoms with van der Waals surface area (Å²) in [7, 11) is 0. The number of aldehydes is 2. The topological polar surface area (TPSA) is 321 Å². The summed E-state index contributed by atoms with van der Waals surface area (Å²) in [4.78, 5) is 96.3. The fraction of sp³-hybridized carbons (Fsp3) is 0.485. The van der Waals surface area contributed by atoms with Crippen LogP contribution in [0.2, 0.25) is 0 Å². The summed E-state index contributed by atoms with van der Waals surface area (Å²) in [5.74, 6) is 1.43. The van der Waals surface area contributed by atoms with Crippen molar-refractivity contribution < 1.29 is 97.5 Å². The van der Waals surface area contributed by atoms with Crippen molar-refractivity contribution in [3.8, 4) is 28.7 Å². The van der Waals surface area contributed by atoms with Crippen molar-refractivity contribution in [1.29, 1.82) is 0 Å². The number of rotatable bonds is 53. The predicted octanol–water partition coefficient (Wildman–Crippen LogP) is 25.3. The summed E-state index contributed by atoms with van der Waals surface area (Å²) >= 11 is 14.3. The van der Waals surface area contributed by atoms with E-state index in [1.165, 1.54) is 76.5 Å². The molecule has 20 nitrogen and oxygen atoms in total. The van der Waals surface area contributed by atoms with Crippen LogP contribution >= 0.6 is 39.1 Å². The summed E-state index contributed by atoms with van der Waals surface area (Å²) in [5.41, 5.74) is 5.69. The summed E-state index contributed by atoms with van der Waals surface area (Å²) < 4.78 is 27.2. The Bertz CT molecular complexity index is 3680. The molecule has 0 aliphatic heterocycles. The van der Waals surface area contributed by atoms with Crippen LogP contribution < -0.4 is 9.47 Å². The van der Waals surface area contributed by atoms with E-state index in [1.807, 2.05) is 44.2 Å². The van der Waals surface area contributed by atoms with Crippen LogP contribution in [0.25, 0.3) is 6.08 Å². The molecule has 23 heteroatoms. The highest BCUT2D eigenvalue weighted by molar-refractivity contribution is 9.10. The van der Waals surface area contributed by atoms with Gasteiger partial charge in [-0.2, -0.15) is 0 Å². The number of alkyl halides is 2. The minimum Gasteiger partial charge on any atom is -0.508 e. The maximum absolute atomic E-state index is 11.5. The molecule has 0 amide bonds. The lowest BCUT2D eigenvalue weighted by molar-refractivity contribution is -0.139. The third-order valence-corrected chi connectivity index (χ3v) is 18.1. The molecule has 0 fully saturated rings. The number of aromatic carboxylic acids is 1. The zero-order valence-electron chi connectivity index (χ0n) is 74.1. The second-order valence-corrected chi connectivity index (χ2v) is 30.4. The zero-order chi connectivity index (χ0) is 92.4. The molecule has 0 aliphatic carbocycles. The molecule has 5 aromatic carbocycles. The van der Waals surface area contributed by atoms with Crippen molar-refractivity contribution in [2.24, 2.45) is 0 Å². The van der Waals surface area contributed by atoms with Crippen LogP contribution in [0.5, 0.6) is 28.7 Å². The van der Waals surface area contributed by atoms with E-state index in [0.29, 0.717) is 91.8 Å². The van der Waals surface area contributed by atoms with Crippen molar-refractivity contribution in [2.75, 3.05) is 51.4 Å². The van der Waals surface area contributed by atoms with Gasteiger partial charge in [0.15, 0.2) is 11.6 Å². The number of esters is 3. The fourth-order valence-corrected chi connectivity index (χ4v) is 10.5. The SMILES string of the molecule is C=C(C)C(=O)O.C=C(C)C(=O)OCCCCCCCCCl.C=C(C)C(=O)OCCCCCCCCOc1ccc(C(=O)O)cc1.C=C(C)C(=O)OCCCCCCCCOc1ccc(C=O)cc1.C=CC(=O)CCCCC.CCCCCC(=O)/C=C/c1ccc(O)c(C)c1.Cc1cc(Br)ccc1O.O=Cc1ccc(O)cc1.OCCCCCCCCCl. The van der Waals surface area contributed by atoms with E-state index in [1.54, 1.807) is 99.7 Å². The Labute approximate surface area is 747 Å². The zero-order valence-corrected chi connectivity index (χ0v) is 77.2. The largest absolute Gasteiger partial charge is 0.508 e. The van der Waals surface area contributed by atoms with Crippen LogP contribution in [0.4, 0.5) is 0 Å². The summed E-state index contributed by atoms with van der Waals surface area (Å²) in [5, 5.41) is 52.3. The lowest BCUT2D eigenvalue weighted by atomic mass is 10.1. The number of unbranched alkanes of at least 4 members (excludes halogenated alkanes) is 24. The number of aliphatic hydroxyl groups is 1. The molecule has 0 heterocycles. The maximum atomic E-state index is 11.5. The van der Waals surface area contributed by atoms with Gasteiger partial charge in [0.05, 0.1) is 38.6 Å². The van der Waals surface area contributed by atoms with Gasteiger partial charge in [-0.15, -0.1) is 23.2 Å². The smallest absolute Gasteiger partial charge is 0.335 e. The average Bonchev–Trinajstić information content (AvgIpc) is 0.906. The number of hydrogen-bond donors (Lipinski definition) is 6. The van der Waals surface area contributed by atoms with Gasteiger partial charge in [0.25, 0.3) is 0 Å². The van der Waals surface area contributed by atoms with Crippen molar-refractivity contribution in [3.05, 3.63) is 214 Å². The number of hydrogen-bond acceptors (Lipinski definition) is 18. The number of aromatic hydroxyl groups is 3. The quantitative estimate of drug-likeness (QED) is 0.00526. The van der Waals surface area contributed by atoms with Crippen LogP contribution in [0.15, 0.2) is 181 Å². The normalized spacial score (nSPS) is 9.90. The third kappa shape index (κ3) is 77.9. The number of ether oxygens (including phenoxy) is 5. The number of aliphatic hydroxyl groups excluding tert-OH is 1. The molecule has 6 N–H and O–H groups in total. The van der Waals surface area contributed by atoms with Gasteiger partial charge >= 0.3 is 29.8 Å². The van der Waals surface area contributed by atoms with E-state index >= 15 is 0 Å². The van der Waals surface area contributed by atoms with Gasteiger partial charge in [0.1, 0.15) is 41.3 Å². The number of carboxylic acids is 2. The van der Waals surface area contributed by atoms with Gasteiger partial charge in [-0.3, -0.25) is 19.2 Å². The maximum Gasteiger partial charge on any atom is 0.335 e. The van der Waals surface area contributed by atoms with E-state index < -0.39 is 11.9 Å². The van der Waals surface area contributed by atoms with Crippen LogP contribution in [0.1, 0.15) is 295 Å². The molecule has 0 saturated heterocycles. The lowest BCUT2D eigenvalue weighted by Gasteiger charge is -2.07. The van der Waals surface area contributed by atoms with E-state index in [9.17, 15) is 48.3 Å².